The van der Waals surface area contributed by atoms with E-state index in [-0.39, 0.29) is 0 Å². The summed E-state index contributed by atoms with van der Waals surface area (Å²) in [5.41, 5.74) is 11.0. The zero-order valence-corrected chi connectivity index (χ0v) is 8.65. The van der Waals surface area contributed by atoms with Gasteiger partial charge in [0, 0.05) is 12.5 Å². The van der Waals surface area contributed by atoms with Crippen molar-refractivity contribution in [3.8, 4) is 6.07 Å². The summed E-state index contributed by atoms with van der Waals surface area (Å²) in [5, 5.41) is 16.1. The number of azo groups is 1. The van der Waals surface area contributed by atoms with Crippen molar-refractivity contribution in [3.05, 3.63) is 35.2 Å². The lowest BCUT2D eigenvalue weighted by Gasteiger charge is -2.26. The zero-order valence-electron chi connectivity index (χ0n) is 7.89. The monoisotopic (exact) mass is 223 g/mol. The van der Waals surface area contributed by atoms with E-state index >= 15 is 0 Å². The van der Waals surface area contributed by atoms with Crippen LogP contribution in [0, 0.1) is 11.3 Å². The van der Waals surface area contributed by atoms with Gasteiger partial charge in [0.25, 0.3) is 0 Å². The van der Waals surface area contributed by atoms with Crippen LogP contribution in [0.5, 0.6) is 0 Å². The minimum absolute atomic E-state index is 0.312. The molecule has 0 unspecified atom stereocenters. The van der Waals surface area contributed by atoms with Gasteiger partial charge in [-0.1, -0.05) is 11.6 Å². The molecule has 0 atom stereocenters. The maximum Gasteiger partial charge on any atom is 0.106 e. The molecule has 0 aromatic carbocycles. The van der Waals surface area contributed by atoms with Crippen molar-refractivity contribution in [3.63, 3.8) is 0 Å². The Morgan fingerprint density at radius 1 is 1.53 bits per heavy atom. The predicted molar refractivity (Wildman–Crippen MR) is 57.4 cm³/mol. The van der Waals surface area contributed by atoms with Gasteiger partial charge < -0.3 is 11.5 Å². The maximum atomic E-state index is 8.20. The molecular weight excluding hydrogens is 214 g/mol. The molecule has 0 aromatic rings. The Labute approximate surface area is 92.4 Å². The summed E-state index contributed by atoms with van der Waals surface area (Å²) in [7, 11) is 0. The first-order chi connectivity index (χ1) is 7.06. The average Bonchev–Trinajstić information content (AvgIpc) is 2.18. The third-order valence-corrected chi connectivity index (χ3v) is 2.22. The third-order valence-electron chi connectivity index (χ3n) is 1.74. The Morgan fingerprint density at radius 2 is 2.27 bits per heavy atom. The number of nitrogens with two attached hydrogens (primary N) is 2. The highest BCUT2D eigenvalue weighted by atomic mass is 35.5. The van der Waals surface area contributed by atoms with E-state index in [0.717, 1.165) is 0 Å². The number of nitriles is 1. The standard InChI is InChI=1S/C9H10ClN5/c10-8-3-2-7(6-9(8,12)13)15-14-5-1-4-11/h1-3,5H,6,12-13H2. The topological polar surface area (TPSA) is 101 Å². The Balaban J connectivity index is 2.72. The molecule has 0 spiro atoms. The fraction of sp³-hybridized carbons (Fsp3) is 0.222. The SMILES string of the molecule is N#CC=CN=NC1=CC=C(Cl)C(N)(N)C1. The van der Waals surface area contributed by atoms with Crippen molar-refractivity contribution in [1.82, 2.24) is 0 Å². The Morgan fingerprint density at radius 3 is 2.87 bits per heavy atom. The van der Waals surface area contributed by atoms with E-state index in [0.29, 0.717) is 17.2 Å². The summed E-state index contributed by atoms with van der Waals surface area (Å²) < 4.78 is 0. The van der Waals surface area contributed by atoms with E-state index in [9.17, 15) is 0 Å². The van der Waals surface area contributed by atoms with Gasteiger partial charge in [0.05, 0.1) is 23.0 Å². The zero-order chi connectivity index (χ0) is 11.3. The van der Waals surface area contributed by atoms with Gasteiger partial charge in [0.2, 0.25) is 0 Å². The minimum atomic E-state index is -1.08. The van der Waals surface area contributed by atoms with Crippen LogP contribution in [0.4, 0.5) is 0 Å². The summed E-state index contributed by atoms with van der Waals surface area (Å²) in [5.74, 6) is 0. The van der Waals surface area contributed by atoms with Crippen LogP contribution in [0.1, 0.15) is 6.42 Å². The second-order valence-electron chi connectivity index (χ2n) is 3.05. The van der Waals surface area contributed by atoms with Crippen molar-refractivity contribution in [2.75, 3.05) is 0 Å². The quantitative estimate of drug-likeness (QED) is 0.421. The number of halogens is 1. The first-order valence-electron chi connectivity index (χ1n) is 4.16. The Kier molecular flexibility index (Phi) is 3.74. The van der Waals surface area contributed by atoms with Crippen LogP contribution < -0.4 is 11.5 Å². The minimum Gasteiger partial charge on any atom is -0.309 e. The van der Waals surface area contributed by atoms with Crippen LogP contribution in [-0.4, -0.2) is 5.66 Å². The molecule has 0 amide bonds. The van der Waals surface area contributed by atoms with E-state index in [2.05, 4.69) is 10.2 Å². The molecule has 1 aliphatic carbocycles. The molecule has 15 heavy (non-hydrogen) atoms. The highest BCUT2D eigenvalue weighted by Gasteiger charge is 2.27. The lowest BCUT2D eigenvalue weighted by molar-refractivity contribution is 0.525. The van der Waals surface area contributed by atoms with E-state index in [1.807, 2.05) is 0 Å². The fourth-order valence-electron chi connectivity index (χ4n) is 1.01. The van der Waals surface area contributed by atoms with Crippen LogP contribution in [-0.2, 0) is 0 Å². The van der Waals surface area contributed by atoms with E-state index in [4.69, 9.17) is 28.3 Å². The van der Waals surface area contributed by atoms with Crippen molar-refractivity contribution < 1.29 is 0 Å². The number of rotatable bonds is 2. The average molecular weight is 224 g/mol. The van der Waals surface area contributed by atoms with Gasteiger partial charge in [-0.05, 0) is 12.2 Å². The van der Waals surface area contributed by atoms with Crippen LogP contribution in [0.2, 0.25) is 0 Å². The highest BCUT2D eigenvalue weighted by Crippen LogP contribution is 2.26. The van der Waals surface area contributed by atoms with Gasteiger partial charge in [-0.3, -0.25) is 0 Å². The number of nitrogens with zero attached hydrogens (tertiary/aromatic N) is 3. The molecule has 1 rings (SSSR count). The molecule has 0 aromatic heterocycles. The Hall–Kier alpha value is -1.48. The predicted octanol–water partition coefficient (Wildman–Crippen LogP) is 1.50. The fourth-order valence-corrected chi connectivity index (χ4v) is 1.14. The molecule has 0 heterocycles. The van der Waals surface area contributed by atoms with Crippen LogP contribution in [0.25, 0.3) is 0 Å². The van der Waals surface area contributed by atoms with Gasteiger partial charge in [0.1, 0.15) is 5.66 Å². The molecular formula is C9H10ClN5. The van der Waals surface area contributed by atoms with Gasteiger partial charge in [-0.25, -0.2) is 0 Å². The largest absolute Gasteiger partial charge is 0.309 e. The van der Waals surface area contributed by atoms with Crippen molar-refractivity contribution in [2.24, 2.45) is 21.7 Å². The molecule has 78 valence electrons. The summed E-state index contributed by atoms with van der Waals surface area (Å²) in [6.45, 7) is 0. The molecule has 0 saturated carbocycles. The van der Waals surface area contributed by atoms with Gasteiger partial charge in [-0.2, -0.15) is 15.5 Å². The lowest BCUT2D eigenvalue weighted by Crippen LogP contribution is -2.50. The molecule has 0 saturated heterocycles. The van der Waals surface area contributed by atoms with Crippen molar-refractivity contribution in [2.45, 2.75) is 12.1 Å². The molecule has 6 heteroatoms. The maximum absolute atomic E-state index is 8.20. The first kappa shape index (κ1) is 11.6. The number of allylic oxidation sites excluding steroid dienone is 3. The summed E-state index contributed by atoms with van der Waals surface area (Å²) in [4.78, 5) is 0. The third kappa shape index (κ3) is 3.29. The second-order valence-corrected chi connectivity index (χ2v) is 3.46. The second kappa shape index (κ2) is 4.84. The smallest absolute Gasteiger partial charge is 0.106 e. The van der Waals surface area contributed by atoms with Crippen molar-refractivity contribution >= 4 is 11.6 Å². The van der Waals surface area contributed by atoms with Gasteiger partial charge in [-0.15, -0.1) is 0 Å². The van der Waals surface area contributed by atoms with E-state index < -0.39 is 5.66 Å². The van der Waals surface area contributed by atoms with Crippen molar-refractivity contribution in [1.29, 1.82) is 5.26 Å². The lowest BCUT2D eigenvalue weighted by atomic mass is 10.0. The van der Waals surface area contributed by atoms with Crippen LogP contribution >= 0.6 is 11.6 Å². The molecule has 4 N–H and O–H groups in total. The van der Waals surface area contributed by atoms with Gasteiger partial charge in [0.15, 0.2) is 0 Å². The normalized spacial score (nSPS) is 20.1. The highest BCUT2D eigenvalue weighted by molar-refractivity contribution is 6.31. The Bertz CT molecular complexity index is 397. The van der Waals surface area contributed by atoms with Crippen LogP contribution in [0.3, 0.4) is 0 Å². The molecule has 0 bridgehead atoms. The number of hydrogen-bond donors (Lipinski definition) is 2. The molecule has 1 aliphatic rings. The summed E-state index contributed by atoms with van der Waals surface area (Å²) >= 11 is 5.79. The molecule has 0 aliphatic heterocycles. The van der Waals surface area contributed by atoms with E-state index in [1.165, 1.54) is 12.3 Å². The molecule has 0 radical (unpaired) electrons. The molecule has 5 nitrogen and oxygen atoms in total. The van der Waals surface area contributed by atoms with E-state index in [1.54, 1.807) is 18.2 Å². The van der Waals surface area contributed by atoms with Crippen LogP contribution in [0.15, 0.2) is 45.4 Å². The summed E-state index contributed by atoms with van der Waals surface area (Å²) in [6, 6.07) is 1.79. The molecule has 0 fully saturated rings. The van der Waals surface area contributed by atoms with Gasteiger partial charge >= 0.3 is 0 Å². The number of hydrogen-bond acceptors (Lipinski definition) is 5. The summed E-state index contributed by atoms with van der Waals surface area (Å²) in [6.07, 6.45) is 6.09. The first-order valence-corrected chi connectivity index (χ1v) is 4.54.